The van der Waals surface area contributed by atoms with Crippen molar-refractivity contribution in [1.29, 1.82) is 0 Å². The molecule has 0 fully saturated rings. The highest BCUT2D eigenvalue weighted by Gasteiger charge is 2.29. The maximum absolute atomic E-state index is 13.0. The highest BCUT2D eigenvalue weighted by Crippen LogP contribution is 2.25. The van der Waals surface area contributed by atoms with Crippen molar-refractivity contribution >= 4 is 81.4 Å². The molecule has 2 aliphatic rings. The summed E-state index contributed by atoms with van der Waals surface area (Å²) in [6.45, 7) is 7.13. The fourth-order valence-corrected chi connectivity index (χ4v) is 7.44. The minimum atomic E-state index is -0.775. The zero-order chi connectivity index (χ0) is 38.9. The van der Waals surface area contributed by atoms with Crippen molar-refractivity contribution < 1.29 is 34.1 Å². The number of aromatic nitrogens is 8. The highest BCUT2D eigenvalue weighted by molar-refractivity contribution is 8.00. The number of nitrogens with one attached hydrogen (secondary N) is 4. The van der Waals surface area contributed by atoms with Crippen LogP contribution in [-0.2, 0) is 50.1 Å². The number of carbonyl (C=O) groups excluding carboxylic acids is 4. The van der Waals surface area contributed by atoms with Crippen LogP contribution >= 0.6 is 23.5 Å². The second-order valence-corrected chi connectivity index (χ2v) is 15.7. The van der Waals surface area contributed by atoms with Gasteiger partial charge in [-0.15, -0.1) is 0 Å². The molecule has 0 radical (unpaired) electrons. The Balaban J connectivity index is 0.967. The van der Waals surface area contributed by atoms with E-state index < -0.39 is 22.3 Å². The summed E-state index contributed by atoms with van der Waals surface area (Å²) >= 11 is 2.17. The van der Waals surface area contributed by atoms with Gasteiger partial charge in [-0.25, -0.2) is 9.97 Å². The number of thioether (sulfide) groups is 2. The number of ether oxygens (including phenoxy) is 1. The molecule has 6 rings (SSSR count). The van der Waals surface area contributed by atoms with E-state index in [2.05, 4.69) is 41.2 Å². The normalized spacial score (nSPS) is 14.0. The van der Waals surface area contributed by atoms with E-state index in [0.717, 1.165) is 23.5 Å². The second-order valence-electron chi connectivity index (χ2n) is 13.8. The standard InChI is InChI=1S/C31H40N12O9S2/c1-30(2,39-19(49)14-54-29-36-21-23(41(29)8-10-45)38-27-34-17(47)12-43(27)25(21)51)15-52-31(3,4)5-6-32-18(48)13-53-28-35-20-22(40(28)7-9-44)37-26-33-16(46)11-42(26)24(20)50/h44-45H,5-15H2,1-4H3,(H,32,48)(H,39,49)(H,33,37,46)(H,34,38,47). The Hall–Kier alpha value is -4.84. The molecule has 0 aromatic carbocycles. The molecular formula is C31H40N12O9S2. The van der Waals surface area contributed by atoms with Crippen LogP contribution < -0.4 is 32.4 Å². The van der Waals surface area contributed by atoms with Gasteiger partial charge >= 0.3 is 0 Å². The smallest absolute Gasteiger partial charge is 0.283 e. The minimum Gasteiger partial charge on any atom is -0.395 e. The quantitative estimate of drug-likeness (QED) is 0.0663. The van der Waals surface area contributed by atoms with E-state index in [1.165, 1.54) is 18.3 Å². The second kappa shape index (κ2) is 15.5. The lowest BCUT2D eigenvalue weighted by Crippen LogP contribution is -2.49. The molecule has 54 heavy (non-hydrogen) atoms. The number of fused-ring (bicyclic) bond motifs is 4. The topological polar surface area (TPSA) is 272 Å². The zero-order valence-electron chi connectivity index (χ0n) is 29.9. The summed E-state index contributed by atoms with van der Waals surface area (Å²) in [7, 11) is 0. The average Bonchev–Trinajstić information content (AvgIpc) is 3.86. The molecule has 0 spiro atoms. The third-order valence-corrected chi connectivity index (χ3v) is 10.4. The molecule has 4 amide bonds. The van der Waals surface area contributed by atoms with Crippen LogP contribution in [0, 0.1) is 0 Å². The van der Waals surface area contributed by atoms with E-state index >= 15 is 0 Å². The molecule has 0 saturated carbocycles. The molecule has 290 valence electrons. The molecule has 4 aromatic rings. The Labute approximate surface area is 314 Å². The van der Waals surface area contributed by atoms with Gasteiger partial charge in [-0.2, -0.15) is 9.97 Å². The maximum atomic E-state index is 13.0. The van der Waals surface area contributed by atoms with Gasteiger partial charge in [-0.3, -0.25) is 48.5 Å². The molecular weight excluding hydrogens is 749 g/mol. The summed E-state index contributed by atoms with van der Waals surface area (Å²) in [4.78, 5) is 92.5. The number of hydrogen-bond acceptors (Lipinski definition) is 15. The Morgan fingerprint density at radius 3 is 1.74 bits per heavy atom. The first-order valence-electron chi connectivity index (χ1n) is 16.9. The Morgan fingerprint density at radius 1 is 0.778 bits per heavy atom. The van der Waals surface area contributed by atoms with Crippen LogP contribution in [0.15, 0.2) is 19.9 Å². The Morgan fingerprint density at radius 2 is 1.26 bits per heavy atom. The van der Waals surface area contributed by atoms with Gasteiger partial charge in [-0.1, -0.05) is 23.5 Å². The van der Waals surface area contributed by atoms with Gasteiger partial charge in [0.2, 0.25) is 35.5 Å². The monoisotopic (exact) mass is 788 g/mol. The summed E-state index contributed by atoms with van der Waals surface area (Å²) in [6, 6.07) is 0. The zero-order valence-corrected chi connectivity index (χ0v) is 31.6. The largest absolute Gasteiger partial charge is 0.395 e. The molecule has 0 saturated heterocycles. The average molecular weight is 789 g/mol. The van der Waals surface area contributed by atoms with E-state index in [0.29, 0.717) is 23.3 Å². The first kappa shape index (κ1) is 38.9. The van der Waals surface area contributed by atoms with Crippen molar-refractivity contribution in [2.24, 2.45) is 0 Å². The number of nitrogens with zero attached hydrogens (tertiary/aromatic N) is 8. The first-order chi connectivity index (χ1) is 25.6. The van der Waals surface area contributed by atoms with Gasteiger partial charge in [0.15, 0.2) is 32.6 Å². The van der Waals surface area contributed by atoms with Gasteiger partial charge in [0.25, 0.3) is 11.1 Å². The maximum Gasteiger partial charge on any atom is 0.283 e. The van der Waals surface area contributed by atoms with E-state index in [4.69, 9.17) is 4.74 Å². The van der Waals surface area contributed by atoms with Crippen molar-refractivity contribution in [3.8, 4) is 0 Å². The van der Waals surface area contributed by atoms with Crippen LogP contribution in [0.4, 0.5) is 11.9 Å². The van der Waals surface area contributed by atoms with Gasteiger partial charge in [0.1, 0.15) is 13.1 Å². The number of carbonyl (C=O) groups is 4. The van der Waals surface area contributed by atoms with E-state index in [1.54, 1.807) is 0 Å². The van der Waals surface area contributed by atoms with E-state index in [1.807, 2.05) is 27.7 Å². The molecule has 0 aliphatic carbocycles. The Bertz CT molecular complexity index is 2280. The van der Waals surface area contributed by atoms with Crippen LogP contribution in [0.1, 0.15) is 34.1 Å². The molecule has 23 heteroatoms. The van der Waals surface area contributed by atoms with Crippen molar-refractivity contribution in [2.75, 3.05) is 48.5 Å². The van der Waals surface area contributed by atoms with Crippen molar-refractivity contribution in [3.63, 3.8) is 0 Å². The van der Waals surface area contributed by atoms with Crippen molar-refractivity contribution in [3.05, 3.63) is 20.7 Å². The summed E-state index contributed by atoms with van der Waals surface area (Å²) in [5.41, 5.74) is -1.95. The molecule has 0 bridgehead atoms. The number of anilines is 2. The lowest BCUT2D eigenvalue weighted by atomic mass is 10.0. The number of aliphatic hydroxyl groups excluding tert-OH is 2. The predicted octanol–water partition coefficient (Wildman–Crippen LogP) is -1.53. The van der Waals surface area contributed by atoms with Gasteiger partial charge in [0, 0.05) is 19.6 Å². The molecule has 6 N–H and O–H groups in total. The lowest BCUT2D eigenvalue weighted by molar-refractivity contribution is -0.123. The third kappa shape index (κ3) is 8.28. The molecule has 4 aromatic heterocycles. The van der Waals surface area contributed by atoms with E-state index in [-0.39, 0.29) is 115 Å². The molecule has 6 heterocycles. The van der Waals surface area contributed by atoms with Crippen molar-refractivity contribution in [2.45, 2.75) is 81.7 Å². The van der Waals surface area contributed by atoms with Crippen LogP contribution in [0.5, 0.6) is 0 Å². The lowest BCUT2D eigenvalue weighted by Gasteiger charge is -2.32. The fraction of sp³-hybridized carbons (Fsp3) is 0.548. The number of aliphatic hydroxyl groups is 2. The van der Waals surface area contributed by atoms with E-state index in [9.17, 15) is 39.0 Å². The van der Waals surface area contributed by atoms with Crippen molar-refractivity contribution in [1.82, 2.24) is 48.8 Å². The molecule has 0 atom stereocenters. The number of rotatable bonds is 17. The number of hydrogen-bond donors (Lipinski definition) is 6. The number of imidazole rings is 2. The predicted molar refractivity (Wildman–Crippen MR) is 196 cm³/mol. The highest BCUT2D eigenvalue weighted by atomic mass is 32.2. The summed E-state index contributed by atoms with van der Waals surface area (Å²) < 4.78 is 11.6. The Kier molecular flexibility index (Phi) is 11.1. The summed E-state index contributed by atoms with van der Waals surface area (Å²) in [6.07, 6.45) is 0.451. The summed E-state index contributed by atoms with van der Waals surface area (Å²) in [5, 5.41) is 30.7. The molecule has 2 aliphatic heterocycles. The third-order valence-electron chi connectivity index (χ3n) is 8.41. The minimum absolute atomic E-state index is 0.0189. The summed E-state index contributed by atoms with van der Waals surface area (Å²) in [5.74, 6) is -1.19. The number of amides is 4. The fourth-order valence-electron chi connectivity index (χ4n) is 5.77. The van der Waals surface area contributed by atoms with Gasteiger partial charge in [-0.05, 0) is 34.1 Å². The molecule has 21 nitrogen and oxygen atoms in total. The molecule has 0 unspecified atom stereocenters. The SMILES string of the molecule is CC(C)(COC(C)(C)CCNC(=O)CSc1nc2c(=O)n3c(nc2n1CCO)NC(=O)C3)NC(=O)CSc1nc2c(=O)n3c(nc2n1CCO)NC(=O)C3. The van der Waals surface area contributed by atoms with Crippen LogP contribution in [0.25, 0.3) is 22.3 Å². The van der Waals surface area contributed by atoms with Gasteiger partial charge in [0.05, 0.1) is 42.5 Å². The van der Waals surface area contributed by atoms with Gasteiger partial charge < -0.3 is 34.7 Å². The van der Waals surface area contributed by atoms with Crippen LogP contribution in [-0.4, -0.2) is 121 Å². The first-order valence-corrected chi connectivity index (χ1v) is 18.9. The van der Waals surface area contributed by atoms with Crippen LogP contribution in [0.2, 0.25) is 0 Å². The van der Waals surface area contributed by atoms with Crippen LogP contribution in [0.3, 0.4) is 0 Å².